The Balaban J connectivity index is 2.28. The number of carbonyl (C=O) groups is 1. The molecule has 0 saturated carbocycles. The van der Waals surface area contributed by atoms with E-state index in [4.69, 9.17) is 0 Å². The standard InChI is InChI=1S/C17H16N2O2/c1-2-12-7-3-4-8-13(12)17-18-14-9-5-6-10-15(14)19(17)11-16(20)21/h3-10H,2,11H2,1H3,(H,20,21). The third-order valence-corrected chi connectivity index (χ3v) is 3.59. The zero-order valence-electron chi connectivity index (χ0n) is 11.8. The highest BCUT2D eigenvalue weighted by Gasteiger charge is 2.16. The molecular formula is C17H16N2O2. The molecule has 0 atom stereocenters. The van der Waals surface area contributed by atoms with E-state index in [9.17, 15) is 9.90 Å². The molecule has 0 aliphatic carbocycles. The van der Waals surface area contributed by atoms with Crippen LogP contribution in [0, 0.1) is 0 Å². The van der Waals surface area contributed by atoms with Gasteiger partial charge in [-0.15, -0.1) is 0 Å². The molecule has 0 saturated heterocycles. The molecule has 0 unspecified atom stereocenters. The first-order valence-electron chi connectivity index (χ1n) is 6.96. The van der Waals surface area contributed by atoms with Crippen molar-refractivity contribution in [3.63, 3.8) is 0 Å². The Hall–Kier alpha value is -2.62. The molecule has 0 spiro atoms. The van der Waals surface area contributed by atoms with Crippen LogP contribution in [0.4, 0.5) is 0 Å². The van der Waals surface area contributed by atoms with Crippen LogP contribution in [0.2, 0.25) is 0 Å². The lowest BCUT2D eigenvalue weighted by atomic mass is 10.0. The van der Waals surface area contributed by atoms with E-state index in [0.29, 0.717) is 0 Å². The molecule has 4 heteroatoms. The summed E-state index contributed by atoms with van der Waals surface area (Å²) < 4.78 is 1.77. The summed E-state index contributed by atoms with van der Waals surface area (Å²) in [6.07, 6.45) is 0.881. The summed E-state index contributed by atoms with van der Waals surface area (Å²) in [5.41, 5.74) is 3.83. The maximum Gasteiger partial charge on any atom is 0.323 e. The summed E-state index contributed by atoms with van der Waals surface area (Å²) in [7, 11) is 0. The summed E-state index contributed by atoms with van der Waals surface area (Å²) in [6.45, 7) is 2.00. The van der Waals surface area contributed by atoms with Crippen molar-refractivity contribution in [3.8, 4) is 11.4 Å². The molecule has 3 aromatic rings. The number of hydrogen-bond donors (Lipinski definition) is 1. The Labute approximate surface area is 122 Å². The van der Waals surface area contributed by atoms with Gasteiger partial charge in [-0.3, -0.25) is 4.79 Å². The van der Waals surface area contributed by atoms with Gasteiger partial charge in [0, 0.05) is 5.56 Å². The average Bonchev–Trinajstić information content (AvgIpc) is 2.85. The quantitative estimate of drug-likeness (QED) is 0.797. The number of carboxylic acid groups (broad SMARTS) is 1. The number of para-hydroxylation sites is 2. The van der Waals surface area contributed by atoms with Gasteiger partial charge in [0.05, 0.1) is 11.0 Å². The molecular weight excluding hydrogens is 264 g/mol. The molecule has 0 fully saturated rings. The Morgan fingerprint density at radius 3 is 2.62 bits per heavy atom. The highest BCUT2D eigenvalue weighted by molar-refractivity contribution is 5.83. The molecule has 4 nitrogen and oxygen atoms in total. The molecule has 0 radical (unpaired) electrons. The van der Waals surface area contributed by atoms with Crippen LogP contribution < -0.4 is 0 Å². The zero-order chi connectivity index (χ0) is 14.8. The van der Waals surface area contributed by atoms with Gasteiger partial charge in [-0.25, -0.2) is 4.98 Å². The van der Waals surface area contributed by atoms with E-state index in [2.05, 4.69) is 18.0 Å². The second kappa shape index (κ2) is 5.40. The summed E-state index contributed by atoms with van der Waals surface area (Å²) in [4.78, 5) is 15.8. The van der Waals surface area contributed by atoms with Crippen molar-refractivity contribution in [2.24, 2.45) is 0 Å². The number of rotatable bonds is 4. The fraction of sp³-hybridized carbons (Fsp3) is 0.176. The molecule has 3 rings (SSSR count). The van der Waals surface area contributed by atoms with Crippen LogP contribution in [0.3, 0.4) is 0 Å². The molecule has 2 aromatic carbocycles. The Morgan fingerprint density at radius 1 is 1.14 bits per heavy atom. The van der Waals surface area contributed by atoms with Crippen molar-refractivity contribution in [2.75, 3.05) is 0 Å². The van der Waals surface area contributed by atoms with Crippen LogP contribution in [0.25, 0.3) is 22.4 Å². The highest BCUT2D eigenvalue weighted by atomic mass is 16.4. The van der Waals surface area contributed by atoms with Gasteiger partial charge in [0.2, 0.25) is 0 Å². The summed E-state index contributed by atoms with van der Waals surface area (Å²) in [5, 5.41) is 9.19. The SMILES string of the molecule is CCc1ccccc1-c1nc2ccccc2n1CC(=O)O. The molecule has 0 amide bonds. The number of fused-ring (bicyclic) bond motifs is 1. The van der Waals surface area contributed by atoms with Gasteiger partial charge in [0.1, 0.15) is 12.4 Å². The lowest BCUT2D eigenvalue weighted by molar-refractivity contribution is -0.137. The molecule has 1 N–H and O–H groups in total. The smallest absolute Gasteiger partial charge is 0.323 e. The minimum atomic E-state index is -0.867. The Morgan fingerprint density at radius 2 is 1.86 bits per heavy atom. The second-order valence-electron chi connectivity index (χ2n) is 4.91. The number of aliphatic carboxylic acids is 1. The van der Waals surface area contributed by atoms with Crippen LogP contribution in [-0.4, -0.2) is 20.6 Å². The normalized spacial score (nSPS) is 10.9. The molecule has 0 aliphatic rings. The van der Waals surface area contributed by atoms with Crippen molar-refractivity contribution in [1.29, 1.82) is 0 Å². The number of nitrogens with zero attached hydrogens (tertiary/aromatic N) is 2. The maximum absolute atomic E-state index is 11.2. The second-order valence-corrected chi connectivity index (χ2v) is 4.91. The first-order valence-corrected chi connectivity index (χ1v) is 6.96. The predicted octanol–water partition coefficient (Wildman–Crippen LogP) is 3.35. The predicted molar refractivity (Wildman–Crippen MR) is 82.2 cm³/mol. The molecule has 21 heavy (non-hydrogen) atoms. The van der Waals surface area contributed by atoms with Crippen LogP contribution in [0.15, 0.2) is 48.5 Å². The summed E-state index contributed by atoms with van der Waals surface area (Å²) >= 11 is 0. The monoisotopic (exact) mass is 280 g/mol. The lowest BCUT2D eigenvalue weighted by Gasteiger charge is -2.10. The lowest BCUT2D eigenvalue weighted by Crippen LogP contribution is -2.10. The fourth-order valence-electron chi connectivity index (χ4n) is 2.62. The molecule has 106 valence electrons. The van der Waals surface area contributed by atoms with E-state index in [-0.39, 0.29) is 6.54 Å². The van der Waals surface area contributed by atoms with E-state index < -0.39 is 5.97 Å². The van der Waals surface area contributed by atoms with Crippen molar-refractivity contribution >= 4 is 17.0 Å². The third kappa shape index (κ3) is 2.40. The topological polar surface area (TPSA) is 55.1 Å². The highest BCUT2D eigenvalue weighted by Crippen LogP contribution is 2.27. The average molecular weight is 280 g/mol. The van der Waals surface area contributed by atoms with E-state index in [1.807, 2.05) is 42.5 Å². The maximum atomic E-state index is 11.2. The van der Waals surface area contributed by atoms with Gasteiger partial charge in [-0.2, -0.15) is 0 Å². The summed E-state index contributed by atoms with van der Waals surface area (Å²) in [5.74, 6) is -0.149. The van der Waals surface area contributed by atoms with Crippen molar-refractivity contribution in [1.82, 2.24) is 9.55 Å². The molecule has 0 aliphatic heterocycles. The first kappa shape index (κ1) is 13.4. The van der Waals surface area contributed by atoms with E-state index in [1.54, 1.807) is 4.57 Å². The summed E-state index contributed by atoms with van der Waals surface area (Å²) in [6, 6.07) is 15.6. The van der Waals surface area contributed by atoms with Crippen LogP contribution >= 0.6 is 0 Å². The van der Waals surface area contributed by atoms with Crippen molar-refractivity contribution in [2.45, 2.75) is 19.9 Å². The third-order valence-electron chi connectivity index (χ3n) is 3.59. The van der Waals surface area contributed by atoms with Crippen LogP contribution in [-0.2, 0) is 17.8 Å². The van der Waals surface area contributed by atoms with E-state index >= 15 is 0 Å². The number of aryl methyl sites for hydroxylation is 1. The van der Waals surface area contributed by atoms with Gasteiger partial charge >= 0.3 is 5.97 Å². The number of benzene rings is 2. The first-order chi connectivity index (χ1) is 10.2. The van der Waals surface area contributed by atoms with Crippen LogP contribution in [0.5, 0.6) is 0 Å². The molecule has 1 aromatic heterocycles. The zero-order valence-corrected chi connectivity index (χ0v) is 11.8. The molecule has 1 heterocycles. The van der Waals surface area contributed by atoms with Gasteiger partial charge in [-0.1, -0.05) is 43.3 Å². The van der Waals surface area contributed by atoms with E-state index in [1.165, 1.54) is 5.56 Å². The minimum Gasteiger partial charge on any atom is -0.480 e. The number of hydrogen-bond acceptors (Lipinski definition) is 2. The number of aromatic nitrogens is 2. The van der Waals surface area contributed by atoms with Gasteiger partial charge in [0.15, 0.2) is 0 Å². The van der Waals surface area contributed by atoms with Crippen molar-refractivity contribution in [3.05, 3.63) is 54.1 Å². The van der Waals surface area contributed by atoms with Crippen molar-refractivity contribution < 1.29 is 9.90 Å². The van der Waals surface area contributed by atoms with Gasteiger partial charge < -0.3 is 9.67 Å². The number of carboxylic acids is 1. The Kier molecular flexibility index (Phi) is 3.44. The number of imidazole rings is 1. The Bertz CT molecular complexity index is 805. The fourth-order valence-corrected chi connectivity index (χ4v) is 2.62. The van der Waals surface area contributed by atoms with E-state index in [0.717, 1.165) is 28.8 Å². The van der Waals surface area contributed by atoms with Crippen LogP contribution in [0.1, 0.15) is 12.5 Å². The molecule has 0 bridgehead atoms. The minimum absolute atomic E-state index is 0.0894. The van der Waals surface area contributed by atoms with Gasteiger partial charge in [-0.05, 0) is 24.1 Å². The largest absolute Gasteiger partial charge is 0.480 e. The van der Waals surface area contributed by atoms with Gasteiger partial charge in [0.25, 0.3) is 0 Å².